The summed E-state index contributed by atoms with van der Waals surface area (Å²) >= 11 is 0. The standard InChI is InChI=1S/C17H25FOSi/c1-5-7-9-16(14-10-12-15(18)13-11-14)17(8-6-2)20(3,4)19/h6,8,10-13,19H,5,7,9H2,1-4H3/b8-6-,17-16-. The molecule has 0 unspecified atom stereocenters. The summed E-state index contributed by atoms with van der Waals surface area (Å²) in [5.41, 5.74) is 2.17. The maximum atomic E-state index is 13.1. The van der Waals surface area contributed by atoms with Crippen LogP contribution in [0, 0.1) is 5.82 Å². The van der Waals surface area contributed by atoms with Gasteiger partial charge in [0.1, 0.15) is 5.82 Å². The minimum Gasteiger partial charge on any atom is -0.428 e. The van der Waals surface area contributed by atoms with Gasteiger partial charge in [-0.1, -0.05) is 37.6 Å². The van der Waals surface area contributed by atoms with Crippen LogP contribution >= 0.6 is 0 Å². The first-order chi connectivity index (χ1) is 9.40. The van der Waals surface area contributed by atoms with Crippen LogP contribution in [0.3, 0.4) is 0 Å². The SMILES string of the molecule is C/C=C\C(=C(/CCCC)c1ccc(F)cc1)[Si](C)(C)O. The first-order valence-corrected chi connectivity index (χ1v) is 10.2. The van der Waals surface area contributed by atoms with Gasteiger partial charge in [-0.25, -0.2) is 4.39 Å². The van der Waals surface area contributed by atoms with Crippen LogP contribution in [0.4, 0.5) is 4.39 Å². The zero-order valence-corrected chi connectivity index (χ0v) is 13.9. The lowest BCUT2D eigenvalue weighted by molar-refractivity contribution is 0.563. The van der Waals surface area contributed by atoms with E-state index in [2.05, 4.69) is 6.92 Å². The fourth-order valence-corrected chi connectivity index (χ4v) is 3.86. The second-order valence-corrected chi connectivity index (χ2v) is 9.22. The van der Waals surface area contributed by atoms with Crippen LogP contribution in [0.5, 0.6) is 0 Å². The molecule has 0 spiro atoms. The summed E-state index contributed by atoms with van der Waals surface area (Å²) in [5.74, 6) is -0.225. The fraction of sp³-hybridized carbons (Fsp3) is 0.412. The monoisotopic (exact) mass is 292 g/mol. The zero-order valence-electron chi connectivity index (χ0n) is 12.9. The molecule has 0 aliphatic carbocycles. The van der Waals surface area contributed by atoms with Crippen molar-refractivity contribution >= 4 is 13.9 Å². The highest BCUT2D eigenvalue weighted by Gasteiger charge is 2.25. The Labute approximate surface area is 123 Å². The smallest absolute Gasteiger partial charge is 0.214 e. The fourth-order valence-electron chi connectivity index (χ4n) is 2.28. The average Bonchev–Trinajstić information content (AvgIpc) is 2.38. The Morgan fingerprint density at radius 1 is 1.25 bits per heavy atom. The van der Waals surface area contributed by atoms with Crippen LogP contribution in [0.2, 0.25) is 13.1 Å². The molecule has 0 amide bonds. The molecule has 1 aromatic rings. The van der Waals surface area contributed by atoms with Gasteiger partial charge in [0.25, 0.3) is 0 Å². The minimum absolute atomic E-state index is 0.225. The van der Waals surface area contributed by atoms with Crippen molar-refractivity contribution in [2.24, 2.45) is 0 Å². The molecule has 0 saturated carbocycles. The molecule has 1 nitrogen and oxygen atoms in total. The maximum Gasteiger partial charge on any atom is 0.214 e. The van der Waals surface area contributed by atoms with E-state index in [1.54, 1.807) is 0 Å². The van der Waals surface area contributed by atoms with Gasteiger partial charge in [-0.2, -0.15) is 0 Å². The predicted octanol–water partition coefficient (Wildman–Crippen LogP) is 5.08. The Bertz CT molecular complexity index is 481. The van der Waals surface area contributed by atoms with E-state index in [9.17, 15) is 9.19 Å². The molecule has 1 rings (SSSR count). The lowest BCUT2D eigenvalue weighted by Gasteiger charge is -2.22. The Morgan fingerprint density at radius 3 is 2.30 bits per heavy atom. The van der Waals surface area contributed by atoms with Crippen molar-refractivity contribution in [3.63, 3.8) is 0 Å². The van der Waals surface area contributed by atoms with E-state index < -0.39 is 8.32 Å². The highest BCUT2D eigenvalue weighted by molar-refractivity contribution is 6.79. The van der Waals surface area contributed by atoms with E-state index >= 15 is 0 Å². The molecule has 0 atom stereocenters. The Balaban J connectivity index is 3.37. The molecule has 1 aromatic carbocycles. The normalized spacial score (nSPS) is 13.7. The summed E-state index contributed by atoms with van der Waals surface area (Å²) in [6, 6.07) is 6.59. The number of unbranched alkanes of at least 4 members (excludes halogenated alkanes) is 1. The molecule has 0 heterocycles. The van der Waals surface area contributed by atoms with E-state index in [4.69, 9.17) is 0 Å². The van der Waals surface area contributed by atoms with Crippen LogP contribution in [-0.2, 0) is 0 Å². The Hall–Kier alpha value is -1.19. The van der Waals surface area contributed by atoms with Crippen molar-refractivity contribution in [1.82, 2.24) is 0 Å². The number of allylic oxidation sites excluding steroid dienone is 4. The molecule has 0 aromatic heterocycles. The lowest BCUT2D eigenvalue weighted by atomic mass is 9.99. The molecule has 3 heteroatoms. The number of benzene rings is 1. The predicted molar refractivity (Wildman–Crippen MR) is 87.4 cm³/mol. The zero-order chi connectivity index (χ0) is 15.2. The van der Waals surface area contributed by atoms with Crippen molar-refractivity contribution in [3.8, 4) is 0 Å². The Morgan fingerprint density at radius 2 is 1.85 bits per heavy atom. The largest absolute Gasteiger partial charge is 0.428 e. The van der Waals surface area contributed by atoms with E-state index in [0.717, 1.165) is 35.6 Å². The van der Waals surface area contributed by atoms with Gasteiger partial charge >= 0.3 is 0 Å². The third-order valence-corrected chi connectivity index (χ3v) is 5.08. The third kappa shape index (κ3) is 4.73. The van der Waals surface area contributed by atoms with Crippen molar-refractivity contribution in [1.29, 1.82) is 0 Å². The summed E-state index contributed by atoms with van der Waals surface area (Å²) in [5, 5.41) is 1.04. The number of rotatable bonds is 6. The highest BCUT2D eigenvalue weighted by Crippen LogP contribution is 2.30. The van der Waals surface area contributed by atoms with E-state index in [0.29, 0.717) is 0 Å². The molecule has 0 aliphatic heterocycles. The Kier molecular flexibility index (Phi) is 6.37. The quantitative estimate of drug-likeness (QED) is 0.572. The number of hydrogen-bond donors (Lipinski definition) is 1. The summed E-state index contributed by atoms with van der Waals surface area (Å²) < 4.78 is 13.1. The highest BCUT2D eigenvalue weighted by atomic mass is 28.4. The first-order valence-electron chi connectivity index (χ1n) is 7.24. The number of hydrogen-bond acceptors (Lipinski definition) is 1. The summed E-state index contributed by atoms with van der Waals surface area (Å²) in [6.45, 7) is 7.97. The van der Waals surface area contributed by atoms with Gasteiger partial charge in [0.15, 0.2) is 0 Å². The van der Waals surface area contributed by atoms with Crippen LogP contribution in [0.1, 0.15) is 38.7 Å². The van der Waals surface area contributed by atoms with Crippen molar-refractivity contribution < 1.29 is 9.19 Å². The summed E-state index contributed by atoms with van der Waals surface area (Å²) in [7, 11) is -2.42. The topological polar surface area (TPSA) is 20.2 Å². The minimum atomic E-state index is -2.42. The molecular weight excluding hydrogens is 267 g/mol. The van der Waals surface area contributed by atoms with E-state index in [1.807, 2.05) is 44.3 Å². The molecule has 20 heavy (non-hydrogen) atoms. The van der Waals surface area contributed by atoms with Crippen LogP contribution in [0.25, 0.3) is 5.57 Å². The van der Waals surface area contributed by atoms with E-state index in [1.165, 1.54) is 12.1 Å². The summed E-state index contributed by atoms with van der Waals surface area (Å²) in [6.07, 6.45) is 7.06. The molecule has 0 radical (unpaired) electrons. The van der Waals surface area contributed by atoms with Gasteiger partial charge in [-0.3, -0.25) is 0 Å². The molecule has 0 aliphatic rings. The van der Waals surface area contributed by atoms with Gasteiger partial charge in [0.2, 0.25) is 8.32 Å². The van der Waals surface area contributed by atoms with Crippen molar-refractivity contribution in [2.45, 2.75) is 46.2 Å². The second kappa shape index (κ2) is 7.55. The average molecular weight is 292 g/mol. The number of halogens is 1. The van der Waals surface area contributed by atoms with Crippen molar-refractivity contribution in [3.05, 3.63) is 53.0 Å². The second-order valence-electron chi connectivity index (χ2n) is 5.56. The van der Waals surface area contributed by atoms with E-state index in [-0.39, 0.29) is 5.82 Å². The summed E-state index contributed by atoms with van der Waals surface area (Å²) in [4.78, 5) is 10.5. The van der Waals surface area contributed by atoms with Gasteiger partial charge in [0, 0.05) is 0 Å². The van der Waals surface area contributed by atoms with Crippen molar-refractivity contribution in [2.75, 3.05) is 0 Å². The van der Waals surface area contributed by atoms with Crippen LogP contribution in [-0.4, -0.2) is 13.1 Å². The van der Waals surface area contributed by atoms with Gasteiger partial charge in [-0.05, 0) is 61.3 Å². The molecule has 1 N–H and O–H groups in total. The van der Waals surface area contributed by atoms with Crippen LogP contribution in [0.15, 0.2) is 41.6 Å². The molecule has 110 valence electrons. The van der Waals surface area contributed by atoms with Gasteiger partial charge in [-0.15, -0.1) is 0 Å². The maximum absolute atomic E-state index is 13.1. The molecule has 0 bridgehead atoms. The van der Waals surface area contributed by atoms with Gasteiger partial charge in [0.05, 0.1) is 0 Å². The molecule has 0 fully saturated rings. The molecule has 0 saturated heterocycles. The first kappa shape index (κ1) is 16.9. The lowest BCUT2D eigenvalue weighted by Crippen LogP contribution is -2.29. The molecular formula is C17H25FOSi. The van der Waals surface area contributed by atoms with Crippen LogP contribution < -0.4 is 0 Å². The van der Waals surface area contributed by atoms with Gasteiger partial charge < -0.3 is 4.80 Å². The third-order valence-electron chi connectivity index (χ3n) is 3.29.